The summed E-state index contributed by atoms with van der Waals surface area (Å²) in [7, 11) is -2.48. The fourth-order valence-electron chi connectivity index (χ4n) is 2.75. The first-order valence-corrected chi connectivity index (χ1v) is 12.4. The molecule has 0 atom stereocenters. The third-order valence-corrected chi connectivity index (χ3v) is 5.99. The lowest BCUT2D eigenvalue weighted by atomic mass is 10.2. The maximum absolute atomic E-state index is 12.6. The second-order valence-corrected chi connectivity index (χ2v) is 9.81. The standard InChI is InChI=1S/C23H25N5O5S2/c1-15(2)13-33-18-6-4-5-16(11-18)22(29)27-23(34)26-17-7-9-19(10-8-17)35(30,31)28-20-12-21(32-3)25-14-24-20/h4-12,14-15H,13H2,1-3H3,(H,24,25,28)(H2,26,27,29,34). The van der Waals surface area contributed by atoms with E-state index in [0.717, 1.165) is 0 Å². The highest BCUT2D eigenvalue weighted by Crippen LogP contribution is 2.19. The Kier molecular flexibility index (Phi) is 8.55. The first-order valence-electron chi connectivity index (χ1n) is 10.5. The van der Waals surface area contributed by atoms with Crippen molar-refractivity contribution in [2.24, 2.45) is 5.92 Å². The number of hydrogen-bond acceptors (Lipinski definition) is 8. The predicted molar refractivity (Wildman–Crippen MR) is 136 cm³/mol. The van der Waals surface area contributed by atoms with Gasteiger partial charge in [-0.2, -0.15) is 0 Å². The van der Waals surface area contributed by atoms with Gasteiger partial charge in [0.25, 0.3) is 15.9 Å². The van der Waals surface area contributed by atoms with Gasteiger partial charge in [0.2, 0.25) is 5.88 Å². The summed E-state index contributed by atoms with van der Waals surface area (Å²) in [6.45, 7) is 4.61. The molecule has 1 aromatic heterocycles. The molecular weight excluding hydrogens is 490 g/mol. The molecule has 184 valence electrons. The van der Waals surface area contributed by atoms with Crippen LogP contribution in [0.4, 0.5) is 11.5 Å². The lowest BCUT2D eigenvalue weighted by Gasteiger charge is -2.12. The largest absolute Gasteiger partial charge is 0.493 e. The molecule has 3 rings (SSSR count). The molecule has 35 heavy (non-hydrogen) atoms. The molecule has 0 radical (unpaired) electrons. The number of benzene rings is 2. The van der Waals surface area contributed by atoms with Gasteiger partial charge in [-0.15, -0.1) is 0 Å². The zero-order valence-electron chi connectivity index (χ0n) is 19.3. The van der Waals surface area contributed by atoms with Gasteiger partial charge in [-0.3, -0.25) is 14.8 Å². The Hall–Kier alpha value is -3.77. The number of aromatic nitrogens is 2. The summed E-state index contributed by atoms with van der Waals surface area (Å²) in [6.07, 6.45) is 1.19. The summed E-state index contributed by atoms with van der Waals surface area (Å²) in [5.74, 6) is 0.846. The second kappa shape index (κ2) is 11.6. The number of carbonyl (C=O) groups is 1. The Labute approximate surface area is 209 Å². The van der Waals surface area contributed by atoms with Crippen LogP contribution < -0.4 is 24.8 Å². The van der Waals surface area contributed by atoms with Crippen LogP contribution >= 0.6 is 12.2 Å². The summed E-state index contributed by atoms with van der Waals surface area (Å²) in [6, 6.07) is 14.0. The van der Waals surface area contributed by atoms with Crippen molar-refractivity contribution in [1.82, 2.24) is 15.3 Å². The van der Waals surface area contributed by atoms with Gasteiger partial charge in [0.05, 0.1) is 18.6 Å². The number of ether oxygens (including phenoxy) is 2. The molecule has 0 aliphatic rings. The van der Waals surface area contributed by atoms with Crippen LogP contribution in [0.2, 0.25) is 0 Å². The van der Waals surface area contributed by atoms with E-state index in [1.54, 1.807) is 24.3 Å². The molecule has 1 amide bonds. The van der Waals surface area contributed by atoms with Gasteiger partial charge in [-0.05, 0) is 60.6 Å². The topological polar surface area (TPSA) is 132 Å². The Morgan fingerprint density at radius 2 is 1.83 bits per heavy atom. The fourth-order valence-corrected chi connectivity index (χ4v) is 3.96. The van der Waals surface area contributed by atoms with E-state index in [1.165, 1.54) is 43.8 Å². The maximum atomic E-state index is 12.6. The van der Waals surface area contributed by atoms with Crippen molar-refractivity contribution >= 4 is 44.8 Å². The quantitative estimate of drug-likeness (QED) is 0.367. The summed E-state index contributed by atoms with van der Waals surface area (Å²) in [4.78, 5) is 20.3. The average molecular weight is 516 g/mol. The van der Waals surface area contributed by atoms with Gasteiger partial charge in [-0.1, -0.05) is 19.9 Å². The number of hydrogen-bond donors (Lipinski definition) is 3. The molecule has 0 fully saturated rings. The molecule has 3 N–H and O–H groups in total. The highest BCUT2D eigenvalue weighted by atomic mass is 32.2. The minimum Gasteiger partial charge on any atom is -0.493 e. The molecule has 0 saturated heterocycles. The Morgan fingerprint density at radius 1 is 1.09 bits per heavy atom. The van der Waals surface area contributed by atoms with Crippen molar-refractivity contribution in [3.8, 4) is 11.6 Å². The zero-order chi connectivity index (χ0) is 25.4. The van der Waals surface area contributed by atoms with E-state index in [4.69, 9.17) is 21.7 Å². The lowest BCUT2D eigenvalue weighted by molar-refractivity contribution is 0.0977. The number of rotatable bonds is 9. The van der Waals surface area contributed by atoms with Crippen LogP contribution in [-0.4, -0.2) is 43.1 Å². The van der Waals surface area contributed by atoms with Crippen LogP contribution in [-0.2, 0) is 10.0 Å². The number of anilines is 2. The van der Waals surface area contributed by atoms with E-state index in [0.29, 0.717) is 29.5 Å². The van der Waals surface area contributed by atoms with E-state index in [2.05, 4.69) is 25.3 Å². The van der Waals surface area contributed by atoms with Gasteiger partial charge in [0, 0.05) is 17.3 Å². The third-order valence-electron chi connectivity index (χ3n) is 4.42. The normalized spacial score (nSPS) is 11.0. The highest BCUT2D eigenvalue weighted by Gasteiger charge is 2.16. The summed E-state index contributed by atoms with van der Waals surface area (Å²) in [5, 5.41) is 5.51. The number of nitrogens with one attached hydrogen (secondary N) is 3. The number of carbonyl (C=O) groups excluding carboxylic acids is 1. The minimum atomic E-state index is -3.89. The predicted octanol–water partition coefficient (Wildman–Crippen LogP) is 3.45. The van der Waals surface area contributed by atoms with Crippen LogP contribution in [0.5, 0.6) is 11.6 Å². The van der Waals surface area contributed by atoms with Gasteiger partial charge in [0.15, 0.2) is 5.11 Å². The molecule has 1 heterocycles. The smallest absolute Gasteiger partial charge is 0.263 e. The van der Waals surface area contributed by atoms with Crippen molar-refractivity contribution in [1.29, 1.82) is 0 Å². The lowest BCUT2D eigenvalue weighted by Crippen LogP contribution is -2.34. The van der Waals surface area contributed by atoms with Crippen LogP contribution in [0.3, 0.4) is 0 Å². The van der Waals surface area contributed by atoms with Crippen LogP contribution in [0.25, 0.3) is 0 Å². The Balaban J connectivity index is 1.59. The molecule has 10 nitrogen and oxygen atoms in total. The molecular formula is C23H25N5O5S2. The van der Waals surface area contributed by atoms with Crippen molar-refractivity contribution in [2.45, 2.75) is 18.7 Å². The van der Waals surface area contributed by atoms with E-state index in [1.807, 2.05) is 13.8 Å². The van der Waals surface area contributed by atoms with Gasteiger partial charge in [0.1, 0.15) is 17.9 Å². The molecule has 12 heteroatoms. The van der Waals surface area contributed by atoms with Gasteiger partial charge < -0.3 is 14.8 Å². The molecule has 0 saturated carbocycles. The number of amides is 1. The first-order chi connectivity index (χ1) is 16.7. The molecule has 0 bridgehead atoms. The Morgan fingerprint density at radius 3 is 2.51 bits per heavy atom. The molecule has 2 aromatic carbocycles. The number of thiocarbonyl (C=S) groups is 1. The third kappa shape index (κ3) is 7.62. The van der Waals surface area contributed by atoms with E-state index >= 15 is 0 Å². The number of sulfonamides is 1. The van der Waals surface area contributed by atoms with Gasteiger partial charge >= 0.3 is 0 Å². The minimum absolute atomic E-state index is 0.00814. The van der Waals surface area contributed by atoms with Crippen molar-refractivity contribution < 1.29 is 22.7 Å². The SMILES string of the molecule is COc1cc(NS(=O)(=O)c2ccc(NC(=S)NC(=O)c3cccc(OCC(C)C)c3)cc2)ncn1. The van der Waals surface area contributed by atoms with Crippen LogP contribution in [0.1, 0.15) is 24.2 Å². The molecule has 0 unspecified atom stereocenters. The molecule has 0 aliphatic heterocycles. The molecule has 0 spiro atoms. The fraction of sp³-hybridized carbons (Fsp3) is 0.217. The van der Waals surface area contributed by atoms with Crippen molar-refractivity contribution in [3.05, 3.63) is 66.5 Å². The summed E-state index contributed by atoms with van der Waals surface area (Å²) in [5.41, 5.74) is 0.885. The van der Waals surface area contributed by atoms with Crippen LogP contribution in [0.15, 0.2) is 65.8 Å². The number of methoxy groups -OCH3 is 1. The average Bonchev–Trinajstić information content (AvgIpc) is 2.83. The highest BCUT2D eigenvalue weighted by molar-refractivity contribution is 7.92. The van der Waals surface area contributed by atoms with Gasteiger partial charge in [-0.25, -0.2) is 18.4 Å². The maximum Gasteiger partial charge on any atom is 0.263 e. The number of nitrogens with zero attached hydrogens (tertiary/aromatic N) is 2. The summed E-state index contributed by atoms with van der Waals surface area (Å²) >= 11 is 5.22. The van der Waals surface area contributed by atoms with E-state index in [9.17, 15) is 13.2 Å². The van der Waals surface area contributed by atoms with Crippen molar-refractivity contribution in [3.63, 3.8) is 0 Å². The monoisotopic (exact) mass is 515 g/mol. The zero-order valence-corrected chi connectivity index (χ0v) is 20.9. The molecule has 0 aliphatic carbocycles. The van der Waals surface area contributed by atoms with E-state index < -0.39 is 15.9 Å². The first kappa shape index (κ1) is 25.8. The second-order valence-electron chi connectivity index (χ2n) is 7.72. The molecule has 3 aromatic rings. The summed E-state index contributed by atoms with van der Waals surface area (Å²) < 4.78 is 38.2. The van der Waals surface area contributed by atoms with Crippen molar-refractivity contribution in [2.75, 3.05) is 23.8 Å². The Bertz CT molecular complexity index is 1300. The van der Waals surface area contributed by atoms with E-state index in [-0.39, 0.29) is 21.7 Å². The van der Waals surface area contributed by atoms with Crippen LogP contribution in [0, 0.1) is 5.92 Å².